The summed E-state index contributed by atoms with van der Waals surface area (Å²) in [7, 11) is 6.53. The van der Waals surface area contributed by atoms with E-state index in [2.05, 4.69) is 34.6 Å². The average molecular weight is 376 g/mol. The highest BCUT2D eigenvalue weighted by molar-refractivity contribution is 5.79. The number of benzene rings is 1. The van der Waals surface area contributed by atoms with E-state index in [1.54, 1.807) is 28.4 Å². The Morgan fingerprint density at radius 2 is 1.67 bits per heavy atom. The number of methoxy groups -OCH3 is 3. The van der Waals surface area contributed by atoms with Crippen molar-refractivity contribution in [1.29, 1.82) is 0 Å². The first-order valence-electron chi connectivity index (χ1n) is 8.71. The Morgan fingerprint density at radius 1 is 1.04 bits per heavy atom. The topological polar surface area (TPSA) is 90.1 Å². The van der Waals surface area contributed by atoms with Gasteiger partial charge in [0.15, 0.2) is 11.7 Å². The van der Waals surface area contributed by atoms with Crippen LogP contribution in [0.5, 0.6) is 17.2 Å². The first-order chi connectivity index (χ1) is 13.0. The lowest BCUT2D eigenvalue weighted by molar-refractivity contribution is 0.367. The van der Waals surface area contributed by atoms with Crippen LogP contribution in [0.2, 0.25) is 0 Å². The molecule has 2 aromatic rings. The maximum Gasteiger partial charge on any atom is 0.191 e. The predicted octanol–water partition coefficient (Wildman–Crippen LogP) is 2.69. The number of aromatic nitrogens is 1. The van der Waals surface area contributed by atoms with Gasteiger partial charge in [0.2, 0.25) is 0 Å². The van der Waals surface area contributed by atoms with E-state index in [9.17, 15) is 0 Å². The van der Waals surface area contributed by atoms with Gasteiger partial charge in [-0.3, -0.25) is 4.99 Å². The summed E-state index contributed by atoms with van der Waals surface area (Å²) in [5.41, 5.74) is 1.80. The molecule has 0 saturated carbocycles. The molecule has 0 fully saturated rings. The minimum Gasteiger partial charge on any atom is -0.496 e. The average Bonchev–Trinajstić information content (AvgIpc) is 3.17. The van der Waals surface area contributed by atoms with Crippen molar-refractivity contribution in [2.45, 2.75) is 32.9 Å². The molecule has 0 aliphatic heterocycles. The summed E-state index contributed by atoms with van der Waals surface area (Å²) in [5.74, 6) is 3.71. The second-order valence-electron chi connectivity index (χ2n) is 6.16. The van der Waals surface area contributed by atoms with Gasteiger partial charge in [0.25, 0.3) is 0 Å². The van der Waals surface area contributed by atoms with E-state index < -0.39 is 0 Å². The molecule has 0 amide bonds. The molecule has 0 aliphatic carbocycles. The van der Waals surface area contributed by atoms with Crippen molar-refractivity contribution < 1.29 is 18.7 Å². The monoisotopic (exact) mass is 376 g/mol. The highest BCUT2D eigenvalue weighted by atomic mass is 16.5. The fourth-order valence-electron chi connectivity index (χ4n) is 2.50. The largest absolute Gasteiger partial charge is 0.496 e. The molecule has 0 radical (unpaired) electrons. The van der Waals surface area contributed by atoms with Gasteiger partial charge < -0.3 is 29.4 Å². The second kappa shape index (κ2) is 9.70. The third-order valence-corrected chi connectivity index (χ3v) is 4.07. The second-order valence-corrected chi connectivity index (χ2v) is 6.16. The zero-order valence-corrected chi connectivity index (χ0v) is 16.8. The maximum atomic E-state index is 5.47. The summed E-state index contributed by atoms with van der Waals surface area (Å²) in [4.78, 5) is 4.23. The van der Waals surface area contributed by atoms with E-state index in [0.29, 0.717) is 42.2 Å². The first kappa shape index (κ1) is 20.4. The van der Waals surface area contributed by atoms with Gasteiger partial charge in [-0.15, -0.1) is 0 Å². The third-order valence-electron chi connectivity index (χ3n) is 4.07. The van der Waals surface area contributed by atoms with E-state index in [-0.39, 0.29) is 0 Å². The molecule has 0 aliphatic rings. The normalized spacial score (nSPS) is 11.4. The molecule has 2 N–H and O–H groups in total. The number of ether oxygens (including phenoxy) is 3. The number of rotatable bonds is 8. The Morgan fingerprint density at radius 3 is 2.15 bits per heavy atom. The van der Waals surface area contributed by atoms with Crippen molar-refractivity contribution in [2.75, 3.05) is 28.4 Å². The molecule has 0 saturated heterocycles. The van der Waals surface area contributed by atoms with Gasteiger partial charge in [0.1, 0.15) is 17.2 Å². The molecule has 0 spiro atoms. The van der Waals surface area contributed by atoms with Crippen LogP contribution in [0.15, 0.2) is 27.7 Å². The van der Waals surface area contributed by atoms with Gasteiger partial charge in [0, 0.05) is 25.2 Å². The van der Waals surface area contributed by atoms with E-state index in [4.69, 9.17) is 18.7 Å². The first-order valence-corrected chi connectivity index (χ1v) is 8.71. The third kappa shape index (κ3) is 5.29. The summed E-state index contributed by atoms with van der Waals surface area (Å²) in [5, 5.41) is 10.5. The van der Waals surface area contributed by atoms with Crippen LogP contribution in [0.1, 0.15) is 36.8 Å². The standard InChI is InChI=1S/C19H28N4O4/c1-12(2)16-7-14(27-23-16)10-21-19(20-3)22-11-15-17(25-5)8-13(24-4)9-18(15)26-6/h7-9,12H,10-11H2,1-6H3,(H2,20,21,22). The quantitative estimate of drug-likeness (QED) is 0.541. The molecule has 0 unspecified atom stereocenters. The Labute approximate surface area is 159 Å². The van der Waals surface area contributed by atoms with Gasteiger partial charge in [0.05, 0.1) is 45.7 Å². The maximum absolute atomic E-state index is 5.47. The van der Waals surface area contributed by atoms with Gasteiger partial charge >= 0.3 is 0 Å². The van der Waals surface area contributed by atoms with Crippen LogP contribution in [0.25, 0.3) is 0 Å². The Kier molecular flexibility index (Phi) is 7.34. The van der Waals surface area contributed by atoms with Crippen LogP contribution in [0, 0.1) is 0 Å². The lowest BCUT2D eigenvalue weighted by Crippen LogP contribution is -2.36. The molecule has 0 bridgehead atoms. The number of nitrogens with zero attached hydrogens (tertiary/aromatic N) is 2. The Balaban J connectivity index is 2.03. The van der Waals surface area contributed by atoms with Gasteiger partial charge in [-0.2, -0.15) is 0 Å². The van der Waals surface area contributed by atoms with Crippen LogP contribution in [-0.4, -0.2) is 39.5 Å². The van der Waals surface area contributed by atoms with Crippen LogP contribution in [-0.2, 0) is 13.1 Å². The van der Waals surface area contributed by atoms with Gasteiger partial charge in [-0.25, -0.2) is 0 Å². The molecule has 1 aromatic carbocycles. The van der Waals surface area contributed by atoms with Crippen molar-refractivity contribution in [1.82, 2.24) is 15.8 Å². The SMILES string of the molecule is CN=C(NCc1cc(C(C)C)no1)NCc1c(OC)cc(OC)cc1OC. The smallest absolute Gasteiger partial charge is 0.191 e. The van der Waals surface area contributed by atoms with Crippen LogP contribution in [0.4, 0.5) is 0 Å². The van der Waals surface area contributed by atoms with Gasteiger partial charge in [-0.1, -0.05) is 19.0 Å². The Hall–Kier alpha value is -2.90. The summed E-state index contributed by atoms with van der Waals surface area (Å²) in [6.07, 6.45) is 0. The summed E-state index contributed by atoms with van der Waals surface area (Å²) >= 11 is 0. The molecule has 148 valence electrons. The molecule has 1 heterocycles. The van der Waals surface area contributed by atoms with Crippen molar-refractivity contribution in [3.8, 4) is 17.2 Å². The van der Waals surface area contributed by atoms with Gasteiger partial charge in [-0.05, 0) is 5.92 Å². The van der Waals surface area contributed by atoms with Crippen molar-refractivity contribution in [3.05, 3.63) is 35.2 Å². The summed E-state index contributed by atoms with van der Waals surface area (Å²) in [6.45, 7) is 5.09. The highest BCUT2D eigenvalue weighted by Gasteiger charge is 2.14. The van der Waals surface area contributed by atoms with Crippen LogP contribution < -0.4 is 24.8 Å². The number of guanidine groups is 1. The summed E-state index contributed by atoms with van der Waals surface area (Å²) in [6, 6.07) is 5.58. The number of nitrogens with one attached hydrogen (secondary N) is 2. The number of hydrogen-bond donors (Lipinski definition) is 2. The molecule has 0 atom stereocenters. The molecular weight excluding hydrogens is 348 g/mol. The van der Waals surface area contributed by atoms with Crippen molar-refractivity contribution in [2.24, 2.45) is 4.99 Å². The Bertz CT molecular complexity index is 746. The zero-order valence-electron chi connectivity index (χ0n) is 16.8. The lowest BCUT2D eigenvalue weighted by atomic mass is 10.1. The predicted molar refractivity (Wildman–Crippen MR) is 104 cm³/mol. The number of hydrogen-bond acceptors (Lipinski definition) is 6. The number of aliphatic imine (C=N–C) groups is 1. The minimum atomic E-state index is 0.329. The fourth-order valence-corrected chi connectivity index (χ4v) is 2.50. The van der Waals surface area contributed by atoms with E-state index in [0.717, 1.165) is 17.0 Å². The molecular formula is C19H28N4O4. The highest BCUT2D eigenvalue weighted by Crippen LogP contribution is 2.33. The lowest BCUT2D eigenvalue weighted by Gasteiger charge is -2.17. The molecule has 2 rings (SSSR count). The van der Waals surface area contributed by atoms with E-state index in [1.807, 2.05) is 18.2 Å². The minimum absolute atomic E-state index is 0.329. The van der Waals surface area contributed by atoms with Crippen molar-refractivity contribution in [3.63, 3.8) is 0 Å². The zero-order chi connectivity index (χ0) is 19.8. The van der Waals surface area contributed by atoms with E-state index >= 15 is 0 Å². The van der Waals surface area contributed by atoms with Crippen LogP contribution in [0.3, 0.4) is 0 Å². The molecule has 1 aromatic heterocycles. The molecule has 8 nitrogen and oxygen atoms in total. The van der Waals surface area contributed by atoms with Crippen LogP contribution >= 0.6 is 0 Å². The fraction of sp³-hybridized carbons (Fsp3) is 0.474. The molecule has 27 heavy (non-hydrogen) atoms. The summed E-state index contributed by atoms with van der Waals surface area (Å²) < 4.78 is 21.5. The van der Waals surface area contributed by atoms with E-state index in [1.165, 1.54) is 0 Å². The van der Waals surface area contributed by atoms with Crippen molar-refractivity contribution >= 4 is 5.96 Å². The molecule has 8 heteroatoms.